The summed E-state index contributed by atoms with van der Waals surface area (Å²) in [7, 11) is -6.80. The zero-order valence-electron chi connectivity index (χ0n) is 10.4. The van der Waals surface area contributed by atoms with Gasteiger partial charge in [-0.15, -0.1) is 0 Å². The van der Waals surface area contributed by atoms with E-state index in [9.17, 15) is 17.5 Å². The summed E-state index contributed by atoms with van der Waals surface area (Å²) in [6, 6.07) is 11.2. The van der Waals surface area contributed by atoms with E-state index in [1.54, 1.807) is 30.3 Å². The Balaban J connectivity index is 2.14. The summed E-state index contributed by atoms with van der Waals surface area (Å²) in [5.74, 6) is -0.226. The lowest BCUT2D eigenvalue weighted by molar-refractivity contribution is 0.487. The van der Waals surface area contributed by atoms with Gasteiger partial charge in [0.15, 0.2) is 14.9 Å². The van der Waals surface area contributed by atoms with Gasteiger partial charge in [-0.3, -0.25) is 9.11 Å². The molecule has 0 bridgehead atoms. The Bertz CT molecular complexity index is 744. The summed E-state index contributed by atoms with van der Waals surface area (Å²) in [5.41, 5.74) is 0.386. The van der Waals surface area contributed by atoms with Crippen molar-refractivity contribution in [2.45, 2.75) is 15.2 Å². The minimum atomic E-state index is -3.66. The molecule has 1 aromatic heterocycles. The number of nitrogens with zero attached hydrogens (tertiary/aromatic N) is 1. The molecule has 1 aromatic carbocycles. The first-order chi connectivity index (χ1) is 9.43. The summed E-state index contributed by atoms with van der Waals surface area (Å²) in [6.07, 6.45) is 1.44. The van der Waals surface area contributed by atoms with Gasteiger partial charge in [0, 0.05) is 11.8 Å². The third-order valence-corrected chi connectivity index (χ3v) is 7.36. The zero-order valence-corrected chi connectivity index (χ0v) is 12.0. The van der Waals surface area contributed by atoms with E-state index in [0.29, 0.717) is 5.56 Å². The standard InChI is InChI=1S/C13H13NO4S2/c15-19(16)9-12(11-7-4-8-14-13(11)19)20(17,18)10-5-2-1-3-6-10/h1-8,12,15-16H,9H2. The number of benzene rings is 1. The first-order valence-corrected chi connectivity index (χ1v) is 9.19. The minimum Gasteiger partial charge on any atom is -0.293 e. The average molecular weight is 311 g/mol. The lowest BCUT2D eigenvalue weighted by atomic mass is 10.2. The van der Waals surface area contributed by atoms with Gasteiger partial charge in [-0.1, -0.05) is 24.3 Å². The van der Waals surface area contributed by atoms with Crippen LogP contribution in [0.3, 0.4) is 0 Å². The molecule has 0 spiro atoms. The van der Waals surface area contributed by atoms with Crippen LogP contribution in [-0.4, -0.2) is 28.3 Å². The van der Waals surface area contributed by atoms with Crippen molar-refractivity contribution in [2.75, 3.05) is 5.75 Å². The molecule has 2 N–H and O–H groups in total. The van der Waals surface area contributed by atoms with Crippen molar-refractivity contribution >= 4 is 20.4 Å². The second-order valence-electron chi connectivity index (χ2n) is 4.58. The van der Waals surface area contributed by atoms with Gasteiger partial charge >= 0.3 is 0 Å². The van der Waals surface area contributed by atoms with Gasteiger partial charge in [0.1, 0.15) is 5.25 Å². The Kier molecular flexibility index (Phi) is 3.09. The highest BCUT2D eigenvalue weighted by Crippen LogP contribution is 2.60. The predicted molar refractivity (Wildman–Crippen MR) is 76.6 cm³/mol. The van der Waals surface area contributed by atoms with E-state index in [1.807, 2.05) is 0 Å². The van der Waals surface area contributed by atoms with E-state index in [4.69, 9.17) is 0 Å². The maximum Gasteiger partial charge on any atom is 0.187 e. The van der Waals surface area contributed by atoms with Crippen LogP contribution in [0.1, 0.15) is 10.8 Å². The highest BCUT2D eigenvalue weighted by atomic mass is 32.3. The van der Waals surface area contributed by atoms with Crippen LogP contribution >= 0.6 is 10.6 Å². The second-order valence-corrected chi connectivity index (χ2v) is 8.76. The smallest absolute Gasteiger partial charge is 0.187 e. The van der Waals surface area contributed by atoms with Crippen LogP contribution in [0.4, 0.5) is 0 Å². The molecule has 2 aromatic rings. The Morgan fingerprint density at radius 2 is 1.80 bits per heavy atom. The van der Waals surface area contributed by atoms with E-state index < -0.39 is 25.7 Å². The van der Waals surface area contributed by atoms with Gasteiger partial charge in [0.25, 0.3) is 0 Å². The number of pyridine rings is 1. The van der Waals surface area contributed by atoms with Crippen LogP contribution < -0.4 is 0 Å². The van der Waals surface area contributed by atoms with Crippen LogP contribution in [-0.2, 0) is 9.84 Å². The third-order valence-electron chi connectivity index (χ3n) is 3.29. The molecular weight excluding hydrogens is 298 g/mol. The fourth-order valence-electron chi connectivity index (χ4n) is 2.33. The molecule has 1 atom stereocenters. The molecule has 0 saturated carbocycles. The van der Waals surface area contributed by atoms with E-state index in [0.717, 1.165) is 0 Å². The number of sulfone groups is 1. The quantitative estimate of drug-likeness (QED) is 0.890. The Morgan fingerprint density at radius 1 is 1.10 bits per heavy atom. The third kappa shape index (κ3) is 2.03. The molecule has 1 unspecified atom stereocenters. The molecule has 3 rings (SSSR count). The topological polar surface area (TPSA) is 87.5 Å². The van der Waals surface area contributed by atoms with Gasteiger partial charge in [0.2, 0.25) is 0 Å². The highest BCUT2D eigenvalue weighted by Gasteiger charge is 2.43. The summed E-state index contributed by atoms with van der Waals surface area (Å²) in [5, 5.41) is -0.858. The normalized spacial score (nSPS) is 22.2. The minimum absolute atomic E-state index is 0.101. The van der Waals surface area contributed by atoms with E-state index in [-0.39, 0.29) is 15.7 Å². The molecule has 7 heteroatoms. The molecule has 0 aliphatic carbocycles. The van der Waals surface area contributed by atoms with Crippen molar-refractivity contribution in [1.82, 2.24) is 4.98 Å². The lowest BCUT2D eigenvalue weighted by Gasteiger charge is -2.26. The molecule has 2 heterocycles. The summed E-state index contributed by atoms with van der Waals surface area (Å²) < 4.78 is 45.4. The van der Waals surface area contributed by atoms with Crippen molar-refractivity contribution in [3.63, 3.8) is 0 Å². The van der Waals surface area contributed by atoms with E-state index >= 15 is 0 Å². The fraction of sp³-hybridized carbons (Fsp3) is 0.154. The van der Waals surface area contributed by atoms with Gasteiger partial charge in [0.05, 0.1) is 10.6 Å². The SMILES string of the molecule is O=S(=O)(c1ccccc1)C1CS(O)(O)c2ncccc21. The molecule has 0 fully saturated rings. The number of aromatic nitrogens is 1. The highest BCUT2D eigenvalue weighted by molar-refractivity contribution is 8.25. The molecule has 0 saturated heterocycles. The monoisotopic (exact) mass is 311 g/mol. The Hall–Kier alpha value is -1.41. The number of hydrogen-bond donors (Lipinski definition) is 2. The number of rotatable bonds is 2. The van der Waals surface area contributed by atoms with Crippen molar-refractivity contribution in [3.8, 4) is 0 Å². The molecular formula is C13H13NO4S2. The van der Waals surface area contributed by atoms with Crippen molar-refractivity contribution in [2.24, 2.45) is 0 Å². The zero-order chi connectivity index (χ0) is 14.4. The first-order valence-electron chi connectivity index (χ1n) is 5.93. The van der Waals surface area contributed by atoms with E-state index in [2.05, 4.69) is 4.98 Å². The lowest BCUT2D eigenvalue weighted by Crippen LogP contribution is -2.15. The molecule has 1 aliphatic rings. The second kappa shape index (κ2) is 4.56. The summed E-state index contributed by atoms with van der Waals surface area (Å²) in [6.45, 7) is 0. The van der Waals surface area contributed by atoms with Gasteiger partial charge in [-0.25, -0.2) is 13.4 Å². The van der Waals surface area contributed by atoms with Crippen LogP contribution in [0.25, 0.3) is 0 Å². The number of fused-ring (bicyclic) bond motifs is 1. The average Bonchev–Trinajstić information content (AvgIpc) is 2.73. The Morgan fingerprint density at radius 3 is 2.50 bits per heavy atom. The molecule has 5 nitrogen and oxygen atoms in total. The summed E-state index contributed by atoms with van der Waals surface area (Å²) >= 11 is 0. The molecule has 20 heavy (non-hydrogen) atoms. The van der Waals surface area contributed by atoms with Crippen LogP contribution in [0.15, 0.2) is 58.6 Å². The predicted octanol–water partition coefficient (Wildman–Crippen LogP) is 2.72. The van der Waals surface area contributed by atoms with E-state index in [1.165, 1.54) is 18.3 Å². The molecule has 0 radical (unpaired) electrons. The molecule has 0 amide bonds. The Labute approximate surface area is 118 Å². The largest absolute Gasteiger partial charge is 0.293 e. The first kappa shape index (κ1) is 13.6. The number of hydrogen-bond acceptors (Lipinski definition) is 5. The van der Waals surface area contributed by atoms with Crippen LogP contribution in [0, 0.1) is 0 Å². The molecule has 106 valence electrons. The maximum absolute atomic E-state index is 12.6. The fourth-order valence-corrected chi connectivity index (χ4v) is 6.66. The van der Waals surface area contributed by atoms with Crippen molar-refractivity contribution in [1.29, 1.82) is 0 Å². The summed E-state index contributed by atoms with van der Waals surface area (Å²) in [4.78, 5) is 4.12. The van der Waals surface area contributed by atoms with Crippen molar-refractivity contribution in [3.05, 3.63) is 54.2 Å². The van der Waals surface area contributed by atoms with Crippen molar-refractivity contribution < 1.29 is 17.5 Å². The van der Waals surface area contributed by atoms with Gasteiger partial charge in [-0.2, -0.15) is 10.6 Å². The van der Waals surface area contributed by atoms with Gasteiger partial charge < -0.3 is 0 Å². The molecule has 1 aliphatic heterocycles. The van der Waals surface area contributed by atoms with Gasteiger partial charge in [-0.05, 0) is 18.2 Å². The maximum atomic E-state index is 12.6. The van der Waals surface area contributed by atoms with Crippen LogP contribution in [0.2, 0.25) is 0 Å². The van der Waals surface area contributed by atoms with Crippen LogP contribution in [0.5, 0.6) is 0 Å².